The standard InChI is InChI=1S/C14H28N6/c1-19(2)11-5-8-15-13-7-10-17-14(18-13)16-9-6-12-20(3)4/h7,10H,5-6,8-9,11-12H2,1-4H3,(H2,15,16,17,18). The van der Waals surface area contributed by atoms with Crippen molar-refractivity contribution in [1.82, 2.24) is 19.8 Å². The summed E-state index contributed by atoms with van der Waals surface area (Å²) in [6, 6.07) is 1.90. The molecule has 0 aliphatic carbocycles. The normalized spacial score (nSPS) is 11.1. The van der Waals surface area contributed by atoms with Crippen molar-refractivity contribution in [2.24, 2.45) is 0 Å². The molecule has 1 rings (SSSR count). The van der Waals surface area contributed by atoms with E-state index < -0.39 is 0 Å². The second-order valence-corrected chi connectivity index (χ2v) is 5.43. The molecule has 0 unspecified atom stereocenters. The third-order valence-corrected chi connectivity index (χ3v) is 2.81. The van der Waals surface area contributed by atoms with Crippen LogP contribution < -0.4 is 10.6 Å². The van der Waals surface area contributed by atoms with Gasteiger partial charge in [-0.05, 0) is 60.2 Å². The van der Waals surface area contributed by atoms with Crippen LogP contribution in [0, 0.1) is 0 Å². The molecule has 0 saturated heterocycles. The summed E-state index contributed by atoms with van der Waals surface area (Å²) in [5.74, 6) is 1.58. The first-order valence-corrected chi connectivity index (χ1v) is 7.18. The Bertz CT molecular complexity index is 335. The molecule has 0 fully saturated rings. The van der Waals surface area contributed by atoms with Crippen molar-refractivity contribution < 1.29 is 0 Å². The lowest BCUT2D eigenvalue weighted by molar-refractivity contribution is 0.405. The fourth-order valence-corrected chi connectivity index (χ4v) is 1.75. The van der Waals surface area contributed by atoms with E-state index in [0.717, 1.165) is 44.8 Å². The van der Waals surface area contributed by atoms with Gasteiger partial charge in [0, 0.05) is 19.3 Å². The third-order valence-electron chi connectivity index (χ3n) is 2.81. The molecule has 6 heteroatoms. The molecule has 0 bridgehead atoms. The molecule has 0 radical (unpaired) electrons. The molecule has 0 aliphatic heterocycles. The van der Waals surface area contributed by atoms with Gasteiger partial charge in [-0.2, -0.15) is 4.98 Å². The van der Waals surface area contributed by atoms with Crippen LogP contribution >= 0.6 is 0 Å². The maximum absolute atomic E-state index is 4.45. The average molecular weight is 280 g/mol. The van der Waals surface area contributed by atoms with E-state index in [2.05, 4.69) is 58.6 Å². The number of hydrogen-bond acceptors (Lipinski definition) is 6. The predicted octanol–water partition coefficient (Wildman–Crippen LogP) is 1.20. The molecular formula is C14H28N6. The van der Waals surface area contributed by atoms with Gasteiger partial charge in [0.2, 0.25) is 5.95 Å². The summed E-state index contributed by atoms with van der Waals surface area (Å²) in [5.41, 5.74) is 0. The molecule has 20 heavy (non-hydrogen) atoms. The zero-order valence-corrected chi connectivity index (χ0v) is 13.2. The van der Waals surface area contributed by atoms with Crippen LogP contribution in [0.3, 0.4) is 0 Å². The monoisotopic (exact) mass is 280 g/mol. The Kier molecular flexibility index (Phi) is 7.91. The van der Waals surface area contributed by atoms with Crippen molar-refractivity contribution in [3.8, 4) is 0 Å². The third kappa shape index (κ3) is 7.91. The molecule has 0 aromatic carbocycles. The van der Waals surface area contributed by atoms with Crippen LogP contribution in [0.1, 0.15) is 12.8 Å². The largest absolute Gasteiger partial charge is 0.370 e. The Balaban J connectivity index is 2.26. The molecule has 0 spiro atoms. The SMILES string of the molecule is CN(C)CCCNc1ccnc(NCCCN(C)C)n1. The molecule has 1 heterocycles. The Morgan fingerprint density at radius 2 is 1.55 bits per heavy atom. The second-order valence-electron chi connectivity index (χ2n) is 5.43. The van der Waals surface area contributed by atoms with E-state index in [1.165, 1.54) is 0 Å². The molecule has 6 nitrogen and oxygen atoms in total. The summed E-state index contributed by atoms with van der Waals surface area (Å²) < 4.78 is 0. The highest BCUT2D eigenvalue weighted by Gasteiger charge is 1.99. The lowest BCUT2D eigenvalue weighted by atomic mass is 10.4. The summed E-state index contributed by atoms with van der Waals surface area (Å²) in [6.45, 7) is 3.96. The topological polar surface area (TPSA) is 56.3 Å². The van der Waals surface area contributed by atoms with Crippen LogP contribution in [0.25, 0.3) is 0 Å². The minimum atomic E-state index is 0.696. The summed E-state index contributed by atoms with van der Waals surface area (Å²) in [5, 5.41) is 6.57. The predicted molar refractivity (Wildman–Crippen MR) is 85.4 cm³/mol. The number of nitrogens with zero attached hydrogens (tertiary/aromatic N) is 4. The number of aromatic nitrogens is 2. The first kappa shape index (κ1) is 16.7. The van der Waals surface area contributed by atoms with E-state index in [9.17, 15) is 0 Å². The Hall–Kier alpha value is -1.40. The van der Waals surface area contributed by atoms with Gasteiger partial charge in [-0.25, -0.2) is 4.98 Å². The number of nitrogens with one attached hydrogen (secondary N) is 2. The van der Waals surface area contributed by atoms with E-state index in [0.29, 0.717) is 5.95 Å². The van der Waals surface area contributed by atoms with Gasteiger partial charge in [0.25, 0.3) is 0 Å². The van der Waals surface area contributed by atoms with Gasteiger partial charge in [-0.3, -0.25) is 0 Å². The summed E-state index contributed by atoms with van der Waals surface area (Å²) in [7, 11) is 8.32. The quantitative estimate of drug-likeness (QED) is 0.628. The van der Waals surface area contributed by atoms with Crippen LogP contribution in [0.5, 0.6) is 0 Å². The van der Waals surface area contributed by atoms with Crippen molar-refractivity contribution >= 4 is 11.8 Å². The first-order chi connectivity index (χ1) is 9.58. The Morgan fingerprint density at radius 1 is 0.950 bits per heavy atom. The van der Waals surface area contributed by atoms with Crippen LogP contribution in [0.15, 0.2) is 12.3 Å². The van der Waals surface area contributed by atoms with Gasteiger partial charge in [0.15, 0.2) is 0 Å². The maximum atomic E-state index is 4.45. The Morgan fingerprint density at radius 3 is 2.15 bits per heavy atom. The fraction of sp³-hybridized carbons (Fsp3) is 0.714. The molecular weight excluding hydrogens is 252 g/mol. The number of rotatable bonds is 10. The minimum absolute atomic E-state index is 0.696. The van der Waals surface area contributed by atoms with Crippen LogP contribution in [0.4, 0.5) is 11.8 Å². The van der Waals surface area contributed by atoms with Gasteiger partial charge in [-0.1, -0.05) is 0 Å². The lowest BCUT2D eigenvalue weighted by Gasteiger charge is -2.11. The molecule has 1 aromatic heterocycles. The van der Waals surface area contributed by atoms with Crippen molar-refractivity contribution in [2.45, 2.75) is 12.8 Å². The molecule has 0 amide bonds. The molecule has 114 valence electrons. The van der Waals surface area contributed by atoms with E-state index in [1.54, 1.807) is 6.20 Å². The Labute approximate surface area is 122 Å². The van der Waals surface area contributed by atoms with Gasteiger partial charge < -0.3 is 20.4 Å². The zero-order valence-electron chi connectivity index (χ0n) is 13.2. The highest BCUT2D eigenvalue weighted by Crippen LogP contribution is 2.05. The summed E-state index contributed by atoms with van der Waals surface area (Å²) >= 11 is 0. The van der Waals surface area contributed by atoms with Gasteiger partial charge in [0.05, 0.1) is 0 Å². The number of hydrogen-bond donors (Lipinski definition) is 2. The van der Waals surface area contributed by atoms with E-state index in [-0.39, 0.29) is 0 Å². The smallest absolute Gasteiger partial charge is 0.224 e. The van der Waals surface area contributed by atoms with E-state index in [1.807, 2.05) is 6.07 Å². The van der Waals surface area contributed by atoms with Crippen molar-refractivity contribution in [1.29, 1.82) is 0 Å². The molecule has 0 saturated carbocycles. The fourth-order valence-electron chi connectivity index (χ4n) is 1.75. The number of anilines is 2. The van der Waals surface area contributed by atoms with Crippen LogP contribution in [-0.2, 0) is 0 Å². The van der Waals surface area contributed by atoms with Gasteiger partial charge in [-0.15, -0.1) is 0 Å². The van der Waals surface area contributed by atoms with Crippen molar-refractivity contribution in [3.05, 3.63) is 12.3 Å². The van der Waals surface area contributed by atoms with Gasteiger partial charge >= 0.3 is 0 Å². The van der Waals surface area contributed by atoms with Crippen molar-refractivity contribution in [3.63, 3.8) is 0 Å². The highest BCUT2D eigenvalue weighted by molar-refractivity contribution is 5.39. The lowest BCUT2D eigenvalue weighted by Crippen LogP contribution is -2.18. The minimum Gasteiger partial charge on any atom is -0.370 e. The summed E-state index contributed by atoms with van der Waals surface area (Å²) in [4.78, 5) is 13.0. The molecule has 0 aliphatic rings. The average Bonchev–Trinajstić information content (AvgIpc) is 2.40. The molecule has 1 aromatic rings. The van der Waals surface area contributed by atoms with E-state index in [4.69, 9.17) is 0 Å². The van der Waals surface area contributed by atoms with Crippen molar-refractivity contribution in [2.75, 3.05) is 65.0 Å². The summed E-state index contributed by atoms with van der Waals surface area (Å²) in [6.07, 6.45) is 3.97. The van der Waals surface area contributed by atoms with Crippen LogP contribution in [0.2, 0.25) is 0 Å². The zero-order chi connectivity index (χ0) is 14.8. The van der Waals surface area contributed by atoms with Gasteiger partial charge in [0.1, 0.15) is 5.82 Å². The van der Waals surface area contributed by atoms with E-state index >= 15 is 0 Å². The highest BCUT2D eigenvalue weighted by atomic mass is 15.1. The van der Waals surface area contributed by atoms with Crippen LogP contribution in [-0.4, -0.2) is 74.1 Å². The molecule has 2 N–H and O–H groups in total. The maximum Gasteiger partial charge on any atom is 0.224 e. The first-order valence-electron chi connectivity index (χ1n) is 7.18. The molecule has 0 atom stereocenters. The second kappa shape index (κ2) is 9.50.